The van der Waals surface area contributed by atoms with E-state index < -0.39 is 5.41 Å². The highest BCUT2D eigenvalue weighted by molar-refractivity contribution is 5.97. The Balaban J connectivity index is 1.45. The third kappa shape index (κ3) is 4.06. The molecule has 0 spiro atoms. The molecule has 2 aromatic rings. The first-order chi connectivity index (χ1) is 14.3. The summed E-state index contributed by atoms with van der Waals surface area (Å²) < 4.78 is 6.85. The van der Waals surface area contributed by atoms with E-state index in [0.29, 0.717) is 12.5 Å². The highest BCUT2D eigenvalue weighted by atomic mass is 16.5. The lowest BCUT2D eigenvalue weighted by molar-refractivity contribution is -0.938. The van der Waals surface area contributed by atoms with Crippen LogP contribution in [0.15, 0.2) is 54.6 Å². The zero-order valence-electron chi connectivity index (χ0n) is 18.3. The average molecular weight is 407 g/mol. The SMILES string of the molecule is Cc1ccc(C(=O)C[N+]23CCC(CC2)[C@@H](OC(=O)C(C)(C)c2ccccc2)C3)cc1. The predicted molar refractivity (Wildman–Crippen MR) is 117 cm³/mol. The molecule has 0 aliphatic carbocycles. The molecule has 0 amide bonds. The van der Waals surface area contributed by atoms with Crippen LogP contribution < -0.4 is 0 Å². The molecule has 3 aliphatic heterocycles. The molecule has 0 radical (unpaired) electrons. The lowest BCUT2D eigenvalue weighted by Crippen LogP contribution is -2.66. The monoisotopic (exact) mass is 406 g/mol. The van der Waals surface area contributed by atoms with Crippen molar-refractivity contribution < 1.29 is 18.8 Å². The Labute approximate surface area is 179 Å². The van der Waals surface area contributed by atoms with Gasteiger partial charge in [-0.2, -0.15) is 0 Å². The molecule has 3 saturated heterocycles. The van der Waals surface area contributed by atoms with Crippen LogP contribution in [0.4, 0.5) is 0 Å². The summed E-state index contributed by atoms with van der Waals surface area (Å²) in [5.74, 6) is 0.426. The molecular weight excluding hydrogens is 374 g/mol. The molecular formula is C26H32NO3+. The van der Waals surface area contributed by atoms with Gasteiger partial charge in [0.1, 0.15) is 13.1 Å². The summed E-state index contributed by atoms with van der Waals surface area (Å²) in [5.41, 5.74) is 2.22. The Morgan fingerprint density at radius 3 is 2.27 bits per heavy atom. The molecule has 4 nitrogen and oxygen atoms in total. The maximum Gasteiger partial charge on any atom is 0.316 e. The van der Waals surface area contributed by atoms with Gasteiger partial charge in [-0.05, 0) is 26.3 Å². The normalized spacial score (nSPS) is 25.7. The summed E-state index contributed by atoms with van der Waals surface area (Å²) in [6, 6.07) is 17.7. The highest BCUT2D eigenvalue weighted by Gasteiger charge is 2.49. The van der Waals surface area contributed by atoms with Crippen LogP contribution in [0.2, 0.25) is 0 Å². The van der Waals surface area contributed by atoms with Gasteiger partial charge < -0.3 is 9.22 Å². The lowest BCUT2D eigenvalue weighted by Gasteiger charge is -2.52. The molecule has 1 atom stereocenters. The Morgan fingerprint density at radius 1 is 1.00 bits per heavy atom. The molecule has 2 aromatic carbocycles. The number of nitrogens with zero attached hydrogens (tertiary/aromatic N) is 1. The van der Waals surface area contributed by atoms with Crippen molar-refractivity contribution in [2.45, 2.75) is 45.1 Å². The van der Waals surface area contributed by atoms with E-state index in [2.05, 4.69) is 0 Å². The van der Waals surface area contributed by atoms with Crippen LogP contribution in [0.1, 0.15) is 48.2 Å². The Morgan fingerprint density at radius 2 is 1.63 bits per heavy atom. The second kappa shape index (κ2) is 7.99. The van der Waals surface area contributed by atoms with Gasteiger partial charge in [-0.25, -0.2) is 0 Å². The van der Waals surface area contributed by atoms with Crippen LogP contribution in [-0.2, 0) is 14.9 Å². The number of quaternary nitrogens is 1. The van der Waals surface area contributed by atoms with Crippen molar-refractivity contribution in [3.8, 4) is 0 Å². The summed E-state index contributed by atoms with van der Waals surface area (Å²) >= 11 is 0. The number of piperidine rings is 3. The zero-order valence-corrected chi connectivity index (χ0v) is 18.3. The molecule has 0 saturated carbocycles. The topological polar surface area (TPSA) is 43.4 Å². The Hall–Kier alpha value is -2.46. The number of aryl methyl sites for hydroxylation is 1. The van der Waals surface area contributed by atoms with Crippen LogP contribution in [0, 0.1) is 12.8 Å². The van der Waals surface area contributed by atoms with E-state index in [-0.39, 0.29) is 17.9 Å². The largest absolute Gasteiger partial charge is 0.455 e. The standard InChI is InChI=1S/C26H32NO3/c1-19-9-11-20(12-10-19)23(28)17-27-15-13-21(14-16-27)24(18-27)30-25(29)26(2,3)22-7-5-4-6-8-22/h4-12,21,24H,13-18H2,1-3H3/q+1/t21?,24-,27?/m0/s1. The van der Waals surface area contributed by atoms with Gasteiger partial charge in [0.25, 0.3) is 0 Å². The minimum absolute atomic E-state index is 0.103. The summed E-state index contributed by atoms with van der Waals surface area (Å²) in [7, 11) is 0. The van der Waals surface area contributed by atoms with E-state index in [1.165, 1.54) is 0 Å². The van der Waals surface area contributed by atoms with E-state index in [4.69, 9.17) is 4.74 Å². The predicted octanol–water partition coefficient (Wildman–Crippen LogP) is 4.31. The van der Waals surface area contributed by atoms with Crippen LogP contribution >= 0.6 is 0 Å². The number of hydrogen-bond donors (Lipinski definition) is 0. The molecule has 2 bridgehead atoms. The number of rotatable bonds is 6. The van der Waals surface area contributed by atoms with E-state index >= 15 is 0 Å². The zero-order chi connectivity index (χ0) is 21.4. The maximum absolute atomic E-state index is 13.1. The maximum atomic E-state index is 13.1. The molecule has 5 rings (SSSR count). The van der Waals surface area contributed by atoms with Crippen molar-refractivity contribution in [3.05, 3.63) is 71.3 Å². The van der Waals surface area contributed by atoms with Crippen LogP contribution in [0.3, 0.4) is 0 Å². The smallest absolute Gasteiger partial charge is 0.316 e. The van der Waals surface area contributed by atoms with Crippen molar-refractivity contribution in [3.63, 3.8) is 0 Å². The molecule has 4 heteroatoms. The first-order valence-corrected chi connectivity index (χ1v) is 11.0. The van der Waals surface area contributed by atoms with E-state index in [1.807, 2.05) is 75.4 Å². The molecule has 3 heterocycles. The average Bonchev–Trinajstić information content (AvgIpc) is 2.75. The Kier molecular flexibility index (Phi) is 5.54. The molecule has 0 unspecified atom stereocenters. The summed E-state index contributed by atoms with van der Waals surface area (Å²) in [6.45, 7) is 9.12. The number of Topliss-reactive ketones (excluding diaryl/α,β-unsaturated/α-hetero) is 1. The van der Waals surface area contributed by atoms with Gasteiger partial charge >= 0.3 is 5.97 Å². The third-order valence-corrected chi connectivity index (χ3v) is 7.16. The van der Waals surface area contributed by atoms with E-state index in [1.54, 1.807) is 0 Å². The number of carbonyl (C=O) groups is 2. The Bertz CT molecular complexity index is 909. The number of ether oxygens (including phenoxy) is 1. The van der Waals surface area contributed by atoms with Gasteiger partial charge in [-0.3, -0.25) is 9.59 Å². The summed E-state index contributed by atoms with van der Waals surface area (Å²) in [5, 5.41) is 0. The van der Waals surface area contributed by atoms with E-state index in [9.17, 15) is 9.59 Å². The molecule has 0 N–H and O–H groups in total. The van der Waals surface area contributed by atoms with Crippen molar-refractivity contribution >= 4 is 11.8 Å². The molecule has 3 fully saturated rings. The number of hydrogen-bond acceptors (Lipinski definition) is 3. The molecule has 30 heavy (non-hydrogen) atoms. The van der Waals surface area contributed by atoms with Crippen molar-refractivity contribution in [2.75, 3.05) is 26.2 Å². The van der Waals surface area contributed by atoms with Crippen molar-refractivity contribution in [2.24, 2.45) is 5.92 Å². The lowest BCUT2D eigenvalue weighted by atomic mass is 9.81. The van der Waals surface area contributed by atoms with Gasteiger partial charge in [0.05, 0.1) is 18.5 Å². The molecule has 158 valence electrons. The van der Waals surface area contributed by atoms with Crippen molar-refractivity contribution in [1.82, 2.24) is 0 Å². The highest BCUT2D eigenvalue weighted by Crippen LogP contribution is 2.37. The summed E-state index contributed by atoms with van der Waals surface area (Å²) in [6.07, 6.45) is 1.93. The van der Waals surface area contributed by atoms with Gasteiger partial charge in [-0.1, -0.05) is 60.2 Å². The molecule has 3 aliphatic rings. The van der Waals surface area contributed by atoms with Gasteiger partial charge in [0, 0.05) is 24.3 Å². The number of fused-ring (bicyclic) bond motifs is 3. The first-order valence-electron chi connectivity index (χ1n) is 11.0. The number of ketones is 1. The van der Waals surface area contributed by atoms with Crippen LogP contribution in [-0.4, -0.2) is 48.5 Å². The minimum atomic E-state index is -0.685. The summed E-state index contributed by atoms with van der Waals surface area (Å²) in [4.78, 5) is 26.0. The molecule has 0 aromatic heterocycles. The fraction of sp³-hybridized carbons (Fsp3) is 0.462. The number of esters is 1. The van der Waals surface area contributed by atoms with Crippen LogP contribution in [0.25, 0.3) is 0 Å². The minimum Gasteiger partial charge on any atom is -0.455 e. The number of carbonyl (C=O) groups excluding carboxylic acids is 2. The quantitative estimate of drug-likeness (QED) is 0.408. The first kappa shape index (κ1) is 20.8. The van der Waals surface area contributed by atoms with Gasteiger partial charge in [0.2, 0.25) is 5.78 Å². The van der Waals surface area contributed by atoms with Crippen LogP contribution in [0.5, 0.6) is 0 Å². The van der Waals surface area contributed by atoms with Gasteiger partial charge in [0.15, 0.2) is 6.10 Å². The second-order valence-electron chi connectivity index (χ2n) is 9.69. The number of benzene rings is 2. The second-order valence-corrected chi connectivity index (χ2v) is 9.69. The fourth-order valence-electron chi connectivity index (χ4n) is 4.97. The van der Waals surface area contributed by atoms with E-state index in [0.717, 1.165) is 53.6 Å². The third-order valence-electron chi connectivity index (χ3n) is 7.16. The fourth-order valence-corrected chi connectivity index (χ4v) is 4.97. The van der Waals surface area contributed by atoms with Crippen molar-refractivity contribution in [1.29, 1.82) is 0 Å². The van der Waals surface area contributed by atoms with Gasteiger partial charge in [-0.15, -0.1) is 0 Å².